The molecule has 2 aromatic carbocycles. The highest BCUT2D eigenvalue weighted by Gasteiger charge is 2.24. The predicted molar refractivity (Wildman–Crippen MR) is 82.9 cm³/mol. The molecule has 0 aromatic heterocycles. The zero-order valence-corrected chi connectivity index (χ0v) is 12.2. The van der Waals surface area contributed by atoms with Gasteiger partial charge in [-0.3, -0.25) is 9.59 Å². The molecule has 4 nitrogen and oxygen atoms in total. The van der Waals surface area contributed by atoms with Gasteiger partial charge in [0, 0.05) is 5.56 Å². The minimum Gasteiger partial charge on any atom is -0.488 e. The van der Waals surface area contributed by atoms with Crippen molar-refractivity contribution in [3.8, 4) is 5.75 Å². The van der Waals surface area contributed by atoms with E-state index in [4.69, 9.17) is 4.74 Å². The summed E-state index contributed by atoms with van der Waals surface area (Å²) in [6.45, 7) is 0.279. The smallest absolute Gasteiger partial charge is 0.232 e. The molecule has 23 heavy (non-hydrogen) atoms. The Hall–Kier alpha value is -2.95. The molecule has 1 heterocycles. The normalized spacial score (nSPS) is 15.8. The molecule has 2 aromatic rings. The Morgan fingerprint density at radius 1 is 1.09 bits per heavy atom. The zero-order valence-electron chi connectivity index (χ0n) is 12.2. The van der Waals surface area contributed by atoms with Crippen molar-refractivity contribution < 1.29 is 18.7 Å². The molecule has 0 saturated carbocycles. The number of benzene rings is 2. The van der Waals surface area contributed by atoms with Crippen LogP contribution in [0.4, 0.5) is 4.39 Å². The molecule has 0 unspecified atom stereocenters. The SMILES string of the molecule is O=C1CC(=O)/C(=C\c2ccccc2OCc2ccc(F)cc2)N1. The summed E-state index contributed by atoms with van der Waals surface area (Å²) in [5, 5.41) is 2.53. The van der Waals surface area contributed by atoms with Gasteiger partial charge in [0.05, 0.1) is 12.1 Å². The molecule has 0 aliphatic carbocycles. The minimum absolute atomic E-state index is 0.121. The maximum absolute atomic E-state index is 12.9. The number of nitrogens with one attached hydrogen (secondary N) is 1. The summed E-state index contributed by atoms with van der Waals surface area (Å²) in [4.78, 5) is 22.9. The van der Waals surface area contributed by atoms with Crippen molar-refractivity contribution in [3.05, 3.63) is 71.2 Å². The third-order valence-electron chi connectivity index (χ3n) is 3.42. The molecule has 0 spiro atoms. The van der Waals surface area contributed by atoms with Gasteiger partial charge in [-0.1, -0.05) is 30.3 Å². The number of rotatable bonds is 4. The number of ether oxygens (including phenoxy) is 1. The highest BCUT2D eigenvalue weighted by Crippen LogP contribution is 2.23. The third kappa shape index (κ3) is 3.63. The Bertz CT molecular complexity index is 781. The number of carbonyl (C=O) groups is 2. The Labute approximate surface area is 132 Å². The quantitative estimate of drug-likeness (QED) is 0.698. The van der Waals surface area contributed by atoms with Gasteiger partial charge in [-0.05, 0) is 29.8 Å². The molecule has 1 saturated heterocycles. The second-order valence-corrected chi connectivity index (χ2v) is 5.16. The van der Waals surface area contributed by atoms with Gasteiger partial charge in [0.15, 0.2) is 5.78 Å². The van der Waals surface area contributed by atoms with Crippen LogP contribution in [0, 0.1) is 5.82 Å². The van der Waals surface area contributed by atoms with E-state index >= 15 is 0 Å². The van der Waals surface area contributed by atoms with Crippen LogP contribution in [-0.2, 0) is 16.2 Å². The Kier molecular flexibility index (Phi) is 4.19. The molecule has 3 rings (SSSR count). The maximum Gasteiger partial charge on any atom is 0.232 e. The van der Waals surface area contributed by atoms with Crippen molar-refractivity contribution in [2.24, 2.45) is 0 Å². The lowest BCUT2D eigenvalue weighted by Gasteiger charge is -2.10. The first-order valence-electron chi connectivity index (χ1n) is 7.13. The fraction of sp³-hybridized carbons (Fsp3) is 0.111. The lowest BCUT2D eigenvalue weighted by Crippen LogP contribution is -2.12. The summed E-state index contributed by atoms with van der Waals surface area (Å²) in [6, 6.07) is 13.3. The number of hydrogen-bond acceptors (Lipinski definition) is 3. The monoisotopic (exact) mass is 311 g/mol. The Morgan fingerprint density at radius 2 is 1.83 bits per heavy atom. The molecule has 1 amide bonds. The molecule has 0 atom stereocenters. The number of allylic oxidation sites excluding steroid dienone is 1. The van der Waals surface area contributed by atoms with Crippen molar-refractivity contribution in [1.29, 1.82) is 0 Å². The van der Waals surface area contributed by atoms with E-state index in [2.05, 4.69) is 5.32 Å². The van der Waals surface area contributed by atoms with Gasteiger partial charge in [0.2, 0.25) is 5.91 Å². The first-order valence-corrected chi connectivity index (χ1v) is 7.13. The van der Waals surface area contributed by atoms with Gasteiger partial charge in [-0.25, -0.2) is 4.39 Å². The molecular weight excluding hydrogens is 297 g/mol. The second-order valence-electron chi connectivity index (χ2n) is 5.16. The average molecular weight is 311 g/mol. The summed E-state index contributed by atoms with van der Waals surface area (Å²) in [5.41, 5.74) is 1.80. The van der Waals surface area contributed by atoms with Gasteiger partial charge in [-0.15, -0.1) is 0 Å². The van der Waals surface area contributed by atoms with Crippen LogP contribution in [0.25, 0.3) is 6.08 Å². The summed E-state index contributed by atoms with van der Waals surface area (Å²) < 4.78 is 18.6. The second kappa shape index (κ2) is 6.44. The van der Waals surface area contributed by atoms with Gasteiger partial charge >= 0.3 is 0 Å². The van der Waals surface area contributed by atoms with Crippen molar-refractivity contribution in [3.63, 3.8) is 0 Å². The molecule has 5 heteroatoms. The van der Waals surface area contributed by atoms with Crippen LogP contribution < -0.4 is 10.1 Å². The highest BCUT2D eigenvalue weighted by molar-refractivity contribution is 6.16. The topological polar surface area (TPSA) is 55.4 Å². The van der Waals surface area contributed by atoms with Crippen molar-refractivity contribution in [2.45, 2.75) is 13.0 Å². The van der Waals surface area contributed by atoms with Gasteiger partial charge < -0.3 is 10.1 Å². The van der Waals surface area contributed by atoms with E-state index in [0.717, 1.165) is 5.56 Å². The molecule has 1 aliphatic rings. The molecule has 0 bridgehead atoms. The van der Waals surface area contributed by atoms with E-state index < -0.39 is 0 Å². The number of Topliss-reactive ketones (excluding diaryl/α,β-unsaturated/α-hetero) is 1. The highest BCUT2D eigenvalue weighted by atomic mass is 19.1. The summed E-state index contributed by atoms with van der Waals surface area (Å²) >= 11 is 0. The number of amides is 1. The van der Waals surface area contributed by atoms with Gasteiger partial charge in [0.1, 0.15) is 18.2 Å². The average Bonchev–Trinajstić information content (AvgIpc) is 2.86. The van der Waals surface area contributed by atoms with Crippen LogP contribution in [0.15, 0.2) is 54.2 Å². The van der Waals surface area contributed by atoms with E-state index in [1.165, 1.54) is 12.1 Å². The molecule has 1 aliphatic heterocycles. The van der Waals surface area contributed by atoms with Crippen LogP contribution in [-0.4, -0.2) is 11.7 Å². The fourth-order valence-electron chi connectivity index (χ4n) is 2.25. The van der Waals surface area contributed by atoms with Crippen molar-refractivity contribution in [2.75, 3.05) is 0 Å². The Morgan fingerprint density at radius 3 is 2.52 bits per heavy atom. The van der Waals surface area contributed by atoms with Crippen molar-refractivity contribution >= 4 is 17.8 Å². The number of para-hydroxylation sites is 1. The first kappa shape index (κ1) is 15.0. The molecular formula is C18H14FNO3. The van der Waals surface area contributed by atoms with Crippen LogP contribution >= 0.6 is 0 Å². The molecule has 0 radical (unpaired) electrons. The maximum atomic E-state index is 12.9. The van der Waals surface area contributed by atoms with E-state index in [1.807, 2.05) is 12.1 Å². The van der Waals surface area contributed by atoms with Crippen LogP contribution in [0.3, 0.4) is 0 Å². The van der Waals surface area contributed by atoms with E-state index in [0.29, 0.717) is 11.3 Å². The van der Waals surface area contributed by atoms with Crippen LogP contribution in [0.5, 0.6) is 5.75 Å². The number of hydrogen-bond donors (Lipinski definition) is 1. The summed E-state index contributed by atoms with van der Waals surface area (Å²) in [6.07, 6.45) is 1.48. The van der Waals surface area contributed by atoms with Gasteiger partial charge in [0.25, 0.3) is 0 Å². The van der Waals surface area contributed by atoms with Gasteiger partial charge in [-0.2, -0.15) is 0 Å². The lowest BCUT2D eigenvalue weighted by atomic mass is 10.1. The summed E-state index contributed by atoms with van der Waals surface area (Å²) in [5.74, 6) is -0.248. The lowest BCUT2D eigenvalue weighted by molar-refractivity contribution is -0.121. The van der Waals surface area contributed by atoms with E-state index in [9.17, 15) is 14.0 Å². The number of carbonyl (C=O) groups excluding carboxylic acids is 2. The van der Waals surface area contributed by atoms with Crippen molar-refractivity contribution in [1.82, 2.24) is 5.32 Å². The molecule has 1 N–H and O–H groups in total. The number of halogens is 1. The largest absolute Gasteiger partial charge is 0.488 e. The first-order chi connectivity index (χ1) is 11.1. The number of ketones is 1. The third-order valence-corrected chi connectivity index (χ3v) is 3.42. The standard InChI is InChI=1S/C18H14FNO3/c19-14-7-5-12(6-8-14)11-23-17-4-2-1-3-13(17)9-15-16(21)10-18(22)20-15/h1-9H,10-11H2,(H,20,22)/b15-9+. The van der Waals surface area contributed by atoms with E-state index in [1.54, 1.807) is 30.3 Å². The Balaban J connectivity index is 1.78. The predicted octanol–water partition coefficient (Wildman–Crippen LogP) is 2.83. The minimum atomic E-state index is -0.300. The zero-order chi connectivity index (χ0) is 16.2. The van der Waals surface area contributed by atoms with E-state index in [-0.39, 0.29) is 36.2 Å². The molecule has 1 fully saturated rings. The van der Waals surface area contributed by atoms with Crippen LogP contribution in [0.1, 0.15) is 17.5 Å². The summed E-state index contributed by atoms with van der Waals surface area (Å²) in [7, 11) is 0. The van der Waals surface area contributed by atoms with Crippen LogP contribution in [0.2, 0.25) is 0 Å². The molecule has 116 valence electrons. The fourth-order valence-corrected chi connectivity index (χ4v) is 2.25.